The average molecular weight is 411 g/mol. The summed E-state index contributed by atoms with van der Waals surface area (Å²) < 4.78 is 5.55. The van der Waals surface area contributed by atoms with E-state index < -0.39 is 16.9 Å². The average Bonchev–Trinajstić information content (AvgIpc) is 2.75. The van der Waals surface area contributed by atoms with E-state index in [9.17, 15) is 19.7 Å². The normalized spacial score (nSPS) is 15.1. The monoisotopic (exact) mass is 411 g/mol. The van der Waals surface area contributed by atoms with Gasteiger partial charge in [0, 0.05) is 29.4 Å². The zero-order valence-corrected chi connectivity index (χ0v) is 16.8. The number of nitro groups is 1. The largest absolute Gasteiger partial charge is 0.481 e. The first-order chi connectivity index (χ1) is 14.4. The van der Waals surface area contributed by atoms with Crippen LogP contribution in [0.4, 0.5) is 11.4 Å². The molecule has 0 aromatic heterocycles. The van der Waals surface area contributed by atoms with Gasteiger partial charge in [-0.2, -0.15) is 0 Å². The molecule has 0 heterocycles. The first-order valence-corrected chi connectivity index (χ1v) is 10.1. The highest BCUT2D eigenvalue weighted by molar-refractivity contribution is 5.98. The summed E-state index contributed by atoms with van der Waals surface area (Å²) in [4.78, 5) is 35.2. The van der Waals surface area contributed by atoms with E-state index in [4.69, 9.17) is 4.74 Å². The maximum Gasteiger partial charge on any atom is 0.269 e. The summed E-state index contributed by atoms with van der Waals surface area (Å²) in [6, 6.07) is 12.5. The highest BCUT2D eigenvalue weighted by atomic mass is 16.6. The molecule has 0 saturated heterocycles. The summed E-state index contributed by atoms with van der Waals surface area (Å²) in [5, 5.41) is 16.5. The van der Waals surface area contributed by atoms with Gasteiger partial charge in [-0.25, -0.2) is 0 Å². The molecule has 1 aliphatic rings. The second-order valence-electron chi connectivity index (χ2n) is 7.39. The molecule has 1 saturated carbocycles. The summed E-state index contributed by atoms with van der Waals surface area (Å²) in [6.07, 6.45) is 4.65. The van der Waals surface area contributed by atoms with E-state index in [1.165, 1.54) is 30.7 Å². The number of carbonyl (C=O) groups excluding carboxylic acids is 2. The predicted molar refractivity (Wildman–Crippen MR) is 113 cm³/mol. The van der Waals surface area contributed by atoms with Crippen LogP contribution in [0.5, 0.6) is 5.75 Å². The Morgan fingerprint density at radius 1 is 1.10 bits per heavy atom. The standard InChI is InChI=1S/C22H25N3O5/c1-15(30-20-12-10-19(11-13-20)25(28)29)21(26)24-18-9-5-6-16(14-18)22(27)23-17-7-3-2-4-8-17/h5-6,9-15,17H,2-4,7-8H2,1H3,(H,23,27)(H,24,26). The number of benzene rings is 2. The first kappa shape index (κ1) is 21.3. The molecule has 0 spiro atoms. The van der Waals surface area contributed by atoms with Gasteiger partial charge in [0.1, 0.15) is 5.75 Å². The van der Waals surface area contributed by atoms with Crippen LogP contribution in [0.1, 0.15) is 49.4 Å². The summed E-state index contributed by atoms with van der Waals surface area (Å²) in [6.45, 7) is 1.58. The van der Waals surface area contributed by atoms with Gasteiger partial charge in [0.05, 0.1) is 4.92 Å². The van der Waals surface area contributed by atoms with E-state index in [2.05, 4.69) is 10.6 Å². The number of hydrogen-bond acceptors (Lipinski definition) is 5. The van der Waals surface area contributed by atoms with Gasteiger partial charge in [-0.1, -0.05) is 25.3 Å². The smallest absolute Gasteiger partial charge is 0.269 e. The van der Waals surface area contributed by atoms with E-state index >= 15 is 0 Å². The highest BCUT2D eigenvalue weighted by Crippen LogP contribution is 2.20. The Kier molecular flexibility index (Phi) is 7.00. The Labute approximate surface area is 174 Å². The number of nitrogens with one attached hydrogen (secondary N) is 2. The molecular formula is C22H25N3O5. The zero-order valence-electron chi connectivity index (χ0n) is 16.8. The minimum atomic E-state index is -0.828. The zero-order chi connectivity index (χ0) is 21.5. The molecule has 0 bridgehead atoms. The molecule has 1 fully saturated rings. The summed E-state index contributed by atoms with van der Waals surface area (Å²) in [7, 11) is 0. The van der Waals surface area contributed by atoms with Crippen molar-refractivity contribution in [2.75, 3.05) is 5.32 Å². The Morgan fingerprint density at radius 2 is 1.80 bits per heavy atom. The third-order valence-corrected chi connectivity index (χ3v) is 5.06. The minimum absolute atomic E-state index is 0.0530. The second kappa shape index (κ2) is 9.87. The van der Waals surface area contributed by atoms with Crippen LogP contribution in [0, 0.1) is 10.1 Å². The number of anilines is 1. The summed E-state index contributed by atoms with van der Waals surface area (Å²) in [5.41, 5.74) is 0.931. The number of nitro benzene ring substituents is 1. The van der Waals surface area contributed by atoms with Crippen molar-refractivity contribution in [1.29, 1.82) is 0 Å². The van der Waals surface area contributed by atoms with Crippen molar-refractivity contribution >= 4 is 23.2 Å². The highest BCUT2D eigenvalue weighted by Gasteiger charge is 2.18. The molecule has 30 heavy (non-hydrogen) atoms. The number of carbonyl (C=O) groups is 2. The van der Waals surface area contributed by atoms with E-state index in [-0.39, 0.29) is 17.6 Å². The van der Waals surface area contributed by atoms with Crippen LogP contribution in [0.3, 0.4) is 0 Å². The minimum Gasteiger partial charge on any atom is -0.481 e. The van der Waals surface area contributed by atoms with Crippen molar-refractivity contribution in [1.82, 2.24) is 5.32 Å². The Morgan fingerprint density at radius 3 is 2.47 bits per heavy atom. The van der Waals surface area contributed by atoms with Crippen LogP contribution in [-0.4, -0.2) is 28.9 Å². The Hall–Kier alpha value is -3.42. The van der Waals surface area contributed by atoms with Crippen LogP contribution >= 0.6 is 0 Å². The fourth-order valence-electron chi connectivity index (χ4n) is 3.40. The molecule has 1 atom stereocenters. The fraction of sp³-hybridized carbons (Fsp3) is 0.364. The van der Waals surface area contributed by atoms with Gasteiger partial charge in [-0.15, -0.1) is 0 Å². The fourth-order valence-corrected chi connectivity index (χ4v) is 3.40. The second-order valence-corrected chi connectivity index (χ2v) is 7.39. The van der Waals surface area contributed by atoms with Crippen molar-refractivity contribution < 1.29 is 19.2 Å². The predicted octanol–water partition coefficient (Wildman–Crippen LogP) is 4.06. The summed E-state index contributed by atoms with van der Waals surface area (Å²) >= 11 is 0. The third-order valence-electron chi connectivity index (χ3n) is 5.06. The van der Waals surface area contributed by atoms with Gasteiger partial charge in [-0.05, 0) is 50.1 Å². The van der Waals surface area contributed by atoms with Crippen molar-refractivity contribution in [2.24, 2.45) is 0 Å². The number of amides is 2. The van der Waals surface area contributed by atoms with Gasteiger partial charge >= 0.3 is 0 Å². The maximum absolute atomic E-state index is 12.5. The van der Waals surface area contributed by atoms with Crippen molar-refractivity contribution in [3.63, 3.8) is 0 Å². The maximum atomic E-state index is 12.5. The van der Waals surface area contributed by atoms with E-state index in [1.807, 2.05) is 0 Å². The SMILES string of the molecule is CC(Oc1ccc([N+](=O)[O-])cc1)C(=O)Nc1cccc(C(=O)NC2CCCCC2)c1. The molecule has 158 valence electrons. The van der Waals surface area contributed by atoms with Gasteiger partial charge in [-0.3, -0.25) is 19.7 Å². The third kappa shape index (κ3) is 5.79. The van der Waals surface area contributed by atoms with E-state index in [1.54, 1.807) is 31.2 Å². The number of non-ortho nitro benzene ring substituents is 1. The van der Waals surface area contributed by atoms with E-state index in [0.29, 0.717) is 17.0 Å². The Bertz CT molecular complexity index is 907. The lowest BCUT2D eigenvalue weighted by Crippen LogP contribution is -2.36. The van der Waals surface area contributed by atoms with Crippen LogP contribution in [0.25, 0.3) is 0 Å². The van der Waals surface area contributed by atoms with Crippen molar-refractivity contribution in [3.8, 4) is 5.75 Å². The molecule has 2 aromatic carbocycles. The van der Waals surface area contributed by atoms with Crippen LogP contribution < -0.4 is 15.4 Å². The molecule has 8 heteroatoms. The lowest BCUT2D eigenvalue weighted by atomic mass is 9.95. The number of hydrogen-bond donors (Lipinski definition) is 2. The number of ether oxygens (including phenoxy) is 1. The Balaban J connectivity index is 1.57. The lowest BCUT2D eigenvalue weighted by Gasteiger charge is -2.22. The van der Waals surface area contributed by atoms with Gasteiger partial charge in [0.15, 0.2) is 6.10 Å². The molecule has 0 radical (unpaired) electrons. The lowest BCUT2D eigenvalue weighted by molar-refractivity contribution is -0.384. The van der Waals surface area contributed by atoms with Gasteiger partial charge < -0.3 is 15.4 Å². The molecule has 1 aliphatic carbocycles. The molecule has 8 nitrogen and oxygen atoms in total. The molecule has 0 aliphatic heterocycles. The number of nitrogens with zero attached hydrogens (tertiary/aromatic N) is 1. The van der Waals surface area contributed by atoms with Crippen LogP contribution in [0.2, 0.25) is 0 Å². The van der Waals surface area contributed by atoms with Gasteiger partial charge in [0.2, 0.25) is 0 Å². The van der Waals surface area contributed by atoms with Crippen molar-refractivity contribution in [2.45, 2.75) is 51.2 Å². The number of rotatable bonds is 7. The first-order valence-electron chi connectivity index (χ1n) is 10.1. The quantitative estimate of drug-likeness (QED) is 0.527. The topological polar surface area (TPSA) is 111 Å². The molecular weight excluding hydrogens is 386 g/mol. The molecule has 2 amide bonds. The summed E-state index contributed by atoms with van der Waals surface area (Å²) in [5.74, 6) is -0.185. The van der Waals surface area contributed by atoms with E-state index in [0.717, 1.165) is 25.7 Å². The van der Waals surface area contributed by atoms with Crippen LogP contribution in [0.15, 0.2) is 48.5 Å². The molecule has 1 unspecified atom stereocenters. The van der Waals surface area contributed by atoms with Crippen molar-refractivity contribution in [3.05, 3.63) is 64.2 Å². The molecule has 2 aromatic rings. The molecule has 2 N–H and O–H groups in total. The molecule has 3 rings (SSSR count). The van der Waals surface area contributed by atoms with Crippen LogP contribution in [-0.2, 0) is 4.79 Å². The van der Waals surface area contributed by atoms with Gasteiger partial charge in [0.25, 0.3) is 17.5 Å².